The average molecular weight is 410 g/mol. The molecule has 0 atom stereocenters. The summed E-state index contributed by atoms with van der Waals surface area (Å²) >= 11 is 0.700. The monoisotopic (exact) mass is 412 g/mol. The van der Waals surface area contributed by atoms with Crippen molar-refractivity contribution in [2.75, 3.05) is 0 Å². The second-order valence-electron chi connectivity index (χ2n) is 0. The van der Waals surface area contributed by atoms with E-state index < -0.39 is 0 Å². The van der Waals surface area contributed by atoms with Crippen molar-refractivity contribution in [2.24, 2.45) is 0 Å². The molecule has 4 heavy (non-hydrogen) atoms. The van der Waals surface area contributed by atoms with Gasteiger partial charge < -0.3 is 0 Å². The molecule has 1 nitrogen and oxygen atoms in total. The van der Waals surface area contributed by atoms with Crippen molar-refractivity contribution in [3.8, 4) is 0 Å². The Morgan fingerprint density at radius 3 is 1.25 bits per heavy atom. The summed E-state index contributed by atoms with van der Waals surface area (Å²) in [5, 5.41) is 0. The standard InChI is InChI=1S/Hg.OTe.Zn/c;1-2;. The summed E-state index contributed by atoms with van der Waals surface area (Å²) in [5.74, 6) is 0. The second kappa shape index (κ2) is 19.2. The summed E-state index contributed by atoms with van der Waals surface area (Å²) in [7, 11) is 0. The van der Waals surface area contributed by atoms with Crippen LogP contribution in [0.5, 0.6) is 0 Å². The van der Waals surface area contributed by atoms with Crippen LogP contribution in [0.4, 0.5) is 0 Å². The van der Waals surface area contributed by atoms with Gasteiger partial charge in [0.2, 0.25) is 0 Å². The van der Waals surface area contributed by atoms with Gasteiger partial charge in [0.05, 0.1) is 0 Å². The zero-order chi connectivity index (χ0) is 2.00. The van der Waals surface area contributed by atoms with Crippen LogP contribution in [0.15, 0.2) is 0 Å². The quantitative estimate of drug-likeness (QED) is 0.493. The number of rotatable bonds is 0. The van der Waals surface area contributed by atoms with E-state index in [1.54, 1.807) is 0 Å². The Morgan fingerprint density at radius 1 is 1.25 bits per heavy atom. The van der Waals surface area contributed by atoms with Crippen LogP contribution in [0.3, 0.4) is 0 Å². The Hall–Kier alpha value is 2.15. The fraction of sp³-hybridized carbons (Fsp3) is 0. The minimum atomic E-state index is 0. The molecule has 0 saturated carbocycles. The molecule has 0 spiro atoms. The molecule has 0 amide bonds. The van der Waals surface area contributed by atoms with Gasteiger partial charge in [-0.1, -0.05) is 0 Å². The van der Waals surface area contributed by atoms with Crippen molar-refractivity contribution in [3.63, 3.8) is 0 Å². The first-order chi connectivity index (χ1) is 1.00. The molecule has 0 heterocycles. The molecule has 0 bridgehead atoms. The van der Waals surface area contributed by atoms with E-state index in [2.05, 4.69) is 0 Å². The predicted octanol–water partition coefficient (Wildman–Crippen LogP) is -0.505. The fourth-order valence-corrected chi connectivity index (χ4v) is 0. The van der Waals surface area contributed by atoms with Gasteiger partial charge in [-0.15, -0.1) is 0 Å². The molecule has 0 aromatic rings. The van der Waals surface area contributed by atoms with Gasteiger partial charge in [0.25, 0.3) is 0 Å². The Labute approximate surface area is 71.5 Å². The minimum Gasteiger partial charge on any atom is 0 e. The summed E-state index contributed by atoms with van der Waals surface area (Å²) in [6, 6.07) is 0. The first-order valence-corrected chi connectivity index (χ1v) is 1.12. The van der Waals surface area contributed by atoms with Crippen molar-refractivity contribution < 1.29 is 50.3 Å². The van der Waals surface area contributed by atoms with Gasteiger partial charge in [-0.2, -0.15) is 0 Å². The van der Waals surface area contributed by atoms with E-state index in [1.807, 2.05) is 0 Å². The molecular formula is HgOTeZn. The van der Waals surface area contributed by atoms with Gasteiger partial charge in [-0.3, -0.25) is 0 Å². The van der Waals surface area contributed by atoms with E-state index in [4.69, 9.17) is 3.10 Å². The molecule has 0 fully saturated rings. The van der Waals surface area contributed by atoms with Crippen molar-refractivity contribution in [1.29, 1.82) is 0 Å². The van der Waals surface area contributed by atoms with Crippen LogP contribution < -0.4 is 0 Å². The van der Waals surface area contributed by atoms with Crippen molar-refractivity contribution in [1.82, 2.24) is 0 Å². The molecule has 0 rings (SSSR count). The zero-order valence-electron chi connectivity index (χ0n) is 2.23. The third kappa shape index (κ3) is 8.91. The van der Waals surface area contributed by atoms with E-state index in [-0.39, 0.29) is 47.1 Å². The molecule has 0 saturated heterocycles. The Bertz CT molecular complexity index is 8.00. The van der Waals surface area contributed by atoms with Gasteiger partial charge in [-0.05, 0) is 0 Å². The average Bonchev–Trinajstić information content (AvgIpc) is 1.00. The van der Waals surface area contributed by atoms with Gasteiger partial charge in [0.15, 0.2) is 0 Å². The molecule has 0 N–H and O–H groups in total. The maximum Gasteiger partial charge on any atom is 0 e. The first kappa shape index (κ1) is 16.4. The third-order valence-corrected chi connectivity index (χ3v) is 0. The summed E-state index contributed by atoms with van der Waals surface area (Å²) in [6.45, 7) is 0. The first-order valence-electron chi connectivity index (χ1n) is 0.167. The SMILES string of the molecule is O=[Te].[Hg].[Zn]. The summed E-state index contributed by atoms with van der Waals surface area (Å²) in [6.07, 6.45) is 0. The maximum absolute atomic E-state index is 8.26. The molecule has 0 aromatic heterocycles. The number of hydrogen-bond acceptors (Lipinski definition) is 1. The summed E-state index contributed by atoms with van der Waals surface area (Å²) < 4.78 is 8.26. The molecule has 0 aliphatic rings. The smallest absolute Gasteiger partial charge is 0 e. The molecule has 0 unspecified atom stereocenters. The predicted molar refractivity (Wildman–Crippen MR) is 6.44 cm³/mol. The van der Waals surface area contributed by atoms with E-state index in [0.29, 0.717) is 22.3 Å². The van der Waals surface area contributed by atoms with Crippen LogP contribution in [-0.2, 0) is 50.3 Å². The van der Waals surface area contributed by atoms with Gasteiger partial charge >= 0.3 is 25.4 Å². The van der Waals surface area contributed by atoms with E-state index in [0.717, 1.165) is 0 Å². The van der Waals surface area contributed by atoms with Crippen LogP contribution in [0.2, 0.25) is 0 Å². The fourth-order valence-electron chi connectivity index (χ4n) is 0. The van der Waals surface area contributed by atoms with Crippen LogP contribution in [0, 0.1) is 0 Å². The van der Waals surface area contributed by atoms with Crippen LogP contribution >= 0.6 is 0 Å². The maximum atomic E-state index is 8.26. The van der Waals surface area contributed by atoms with Crippen LogP contribution in [0.1, 0.15) is 0 Å². The normalized spacial score (nSPS) is 1.00. The van der Waals surface area contributed by atoms with E-state index >= 15 is 0 Å². The van der Waals surface area contributed by atoms with Gasteiger partial charge in [-0.25, -0.2) is 0 Å². The molecule has 4 heteroatoms. The summed E-state index contributed by atoms with van der Waals surface area (Å²) in [5.41, 5.74) is 0. The second-order valence-corrected chi connectivity index (χ2v) is 0. The van der Waals surface area contributed by atoms with Crippen molar-refractivity contribution in [2.45, 2.75) is 0 Å². The van der Waals surface area contributed by atoms with Crippen molar-refractivity contribution in [3.05, 3.63) is 0 Å². The molecular weight excluding hydrogens is 410 g/mol. The molecule has 0 aromatic carbocycles. The molecule has 0 aliphatic carbocycles. The van der Waals surface area contributed by atoms with Crippen LogP contribution in [-0.4, -0.2) is 22.3 Å². The van der Waals surface area contributed by atoms with Gasteiger partial charge in [0, 0.05) is 47.1 Å². The van der Waals surface area contributed by atoms with Crippen LogP contribution in [0.25, 0.3) is 0 Å². The van der Waals surface area contributed by atoms with Gasteiger partial charge in [0.1, 0.15) is 0 Å². The minimum absolute atomic E-state index is 0. The number of hydrogen-bond donors (Lipinski definition) is 0. The Morgan fingerprint density at radius 2 is 1.25 bits per heavy atom. The zero-order valence-corrected chi connectivity index (χ0v) is 13.0. The van der Waals surface area contributed by atoms with E-state index in [1.165, 1.54) is 0 Å². The van der Waals surface area contributed by atoms with Crippen molar-refractivity contribution >= 4 is 22.3 Å². The Balaban J connectivity index is -0.00000000500. The largest absolute Gasteiger partial charge is 0 e. The Kier molecular flexibility index (Phi) is 78.9. The molecule has 0 aliphatic heterocycles. The topological polar surface area (TPSA) is 17.1 Å². The molecule has 0 radical (unpaired) electrons. The molecule has 16 valence electrons. The summed E-state index contributed by atoms with van der Waals surface area (Å²) in [4.78, 5) is 0. The van der Waals surface area contributed by atoms with E-state index in [9.17, 15) is 0 Å². The third-order valence-electron chi connectivity index (χ3n) is 0.